The van der Waals surface area contributed by atoms with Gasteiger partial charge in [-0.3, -0.25) is 20.0 Å². The molecule has 0 saturated carbocycles. The maximum atomic E-state index is 11.7. The normalized spacial score (nSPS) is 10.7. The minimum absolute atomic E-state index is 0.0448. The fraction of sp³-hybridized carbons (Fsp3) is 0. The Hall–Kier alpha value is -2.55. The molecule has 102 valence electrons. The summed E-state index contributed by atoms with van der Waals surface area (Å²) in [5, 5.41) is 20.5. The smallest absolute Gasteiger partial charge is 0.272 e. The van der Waals surface area contributed by atoms with Crippen LogP contribution in [0.4, 0.5) is 5.69 Å². The van der Waals surface area contributed by atoms with Gasteiger partial charge in [-0.15, -0.1) is 0 Å². The number of rotatable bonds is 4. The molecule has 0 saturated heterocycles. The Balaban J connectivity index is 2.04. The van der Waals surface area contributed by atoms with E-state index in [2.05, 4.69) is 36.7 Å². The van der Waals surface area contributed by atoms with Crippen molar-refractivity contribution in [1.82, 2.24) is 15.6 Å². The highest BCUT2D eigenvalue weighted by atomic mass is 79.9. The summed E-state index contributed by atoms with van der Waals surface area (Å²) < 4.78 is 0.514. The standard InChI is InChI=1S/C11H8BrN5O3/c12-9-6-14-15-10(9)11(18)16-13-5-7-2-1-3-8(4-7)17(19)20/h1-6H,(H,14,15)(H,16,18)/b13-5+. The second-order valence-electron chi connectivity index (χ2n) is 3.64. The number of nitro groups is 1. The Bertz CT molecular complexity index is 682. The predicted molar refractivity (Wildman–Crippen MR) is 74.4 cm³/mol. The molecule has 1 amide bonds. The molecule has 8 nitrogen and oxygen atoms in total. The number of non-ortho nitro benzene ring substituents is 1. The number of halogens is 1. The quantitative estimate of drug-likeness (QED) is 0.503. The van der Waals surface area contributed by atoms with Gasteiger partial charge in [0.1, 0.15) is 5.69 Å². The lowest BCUT2D eigenvalue weighted by molar-refractivity contribution is -0.384. The van der Waals surface area contributed by atoms with Gasteiger partial charge in [0.15, 0.2) is 0 Å². The van der Waals surface area contributed by atoms with Crippen molar-refractivity contribution in [3.8, 4) is 0 Å². The largest absolute Gasteiger partial charge is 0.290 e. The summed E-state index contributed by atoms with van der Waals surface area (Å²) >= 11 is 3.15. The van der Waals surface area contributed by atoms with Crippen LogP contribution in [0.15, 0.2) is 40.0 Å². The zero-order chi connectivity index (χ0) is 14.5. The molecule has 1 aromatic carbocycles. The van der Waals surface area contributed by atoms with Crippen LogP contribution in [0.1, 0.15) is 16.1 Å². The number of benzene rings is 1. The van der Waals surface area contributed by atoms with Gasteiger partial charge in [-0.1, -0.05) is 12.1 Å². The van der Waals surface area contributed by atoms with E-state index >= 15 is 0 Å². The molecule has 0 atom stereocenters. The lowest BCUT2D eigenvalue weighted by Crippen LogP contribution is -2.18. The average Bonchev–Trinajstić information content (AvgIpc) is 2.85. The van der Waals surface area contributed by atoms with E-state index in [1.807, 2.05) is 0 Å². The van der Waals surface area contributed by atoms with Crippen molar-refractivity contribution in [2.75, 3.05) is 0 Å². The summed E-state index contributed by atoms with van der Waals surface area (Å²) in [5.41, 5.74) is 2.98. The third-order valence-corrected chi connectivity index (χ3v) is 2.88. The van der Waals surface area contributed by atoms with Gasteiger partial charge in [-0.25, -0.2) is 5.43 Å². The number of nitro benzene ring substituents is 1. The highest BCUT2D eigenvalue weighted by Crippen LogP contribution is 2.12. The Morgan fingerprint density at radius 3 is 3.00 bits per heavy atom. The molecule has 1 heterocycles. The van der Waals surface area contributed by atoms with E-state index in [9.17, 15) is 14.9 Å². The molecule has 0 bridgehead atoms. The van der Waals surface area contributed by atoms with Crippen molar-refractivity contribution in [3.63, 3.8) is 0 Å². The van der Waals surface area contributed by atoms with Crippen molar-refractivity contribution in [3.05, 3.63) is 56.3 Å². The lowest BCUT2D eigenvalue weighted by atomic mass is 10.2. The van der Waals surface area contributed by atoms with Gasteiger partial charge in [0.25, 0.3) is 11.6 Å². The lowest BCUT2D eigenvalue weighted by Gasteiger charge is -1.97. The predicted octanol–water partition coefficient (Wildman–Crippen LogP) is 1.84. The molecule has 2 N–H and O–H groups in total. The topological polar surface area (TPSA) is 113 Å². The third-order valence-electron chi connectivity index (χ3n) is 2.28. The van der Waals surface area contributed by atoms with E-state index in [-0.39, 0.29) is 11.4 Å². The second-order valence-corrected chi connectivity index (χ2v) is 4.50. The molecular weight excluding hydrogens is 330 g/mol. The van der Waals surface area contributed by atoms with Gasteiger partial charge in [0.2, 0.25) is 0 Å². The first-order chi connectivity index (χ1) is 9.58. The van der Waals surface area contributed by atoms with Crippen LogP contribution < -0.4 is 5.43 Å². The van der Waals surface area contributed by atoms with Gasteiger partial charge < -0.3 is 0 Å². The van der Waals surface area contributed by atoms with Crippen molar-refractivity contribution >= 4 is 33.7 Å². The van der Waals surface area contributed by atoms with Crippen LogP contribution in [0.25, 0.3) is 0 Å². The Morgan fingerprint density at radius 1 is 1.55 bits per heavy atom. The van der Waals surface area contributed by atoms with E-state index in [1.54, 1.807) is 6.07 Å². The highest BCUT2D eigenvalue weighted by Gasteiger charge is 2.10. The summed E-state index contributed by atoms with van der Waals surface area (Å²) in [6.45, 7) is 0. The van der Waals surface area contributed by atoms with Crippen molar-refractivity contribution in [2.24, 2.45) is 5.10 Å². The van der Waals surface area contributed by atoms with Crippen LogP contribution in [0.3, 0.4) is 0 Å². The van der Waals surface area contributed by atoms with E-state index in [0.29, 0.717) is 10.0 Å². The van der Waals surface area contributed by atoms with Crippen LogP contribution in [0, 0.1) is 10.1 Å². The van der Waals surface area contributed by atoms with Gasteiger partial charge in [0.05, 0.1) is 21.8 Å². The monoisotopic (exact) mass is 337 g/mol. The molecule has 0 fully saturated rings. The molecule has 9 heteroatoms. The van der Waals surface area contributed by atoms with E-state index < -0.39 is 10.8 Å². The van der Waals surface area contributed by atoms with Gasteiger partial charge >= 0.3 is 0 Å². The van der Waals surface area contributed by atoms with Gasteiger partial charge in [0, 0.05) is 17.7 Å². The molecule has 2 aromatic rings. The number of H-pyrrole nitrogens is 1. The van der Waals surface area contributed by atoms with E-state index in [4.69, 9.17) is 0 Å². The molecule has 1 aromatic heterocycles. The number of aromatic nitrogens is 2. The molecule has 2 rings (SSSR count). The number of carbonyl (C=O) groups excluding carboxylic acids is 1. The minimum atomic E-state index is -0.502. The number of hydrazone groups is 1. The van der Waals surface area contributed by atoms with Crippen molar-refractivity contribution in [1.29, 1.82) is 0 Å². The maximum absolute atomic E-state index is 11.7. The number of nitrogens with zero attached hydrogens (tertiary/aromatic N) is 3. The molecule has 0 aliphatic carbocycles. The maximum Gasteiger partial charge on any atom is 0.290 e. The van der Waals surface area contributed by atoms with Crippen LogP contribution in [-0.2, 0) is 0 Å². The molecule has 0 spiro atoms. The summed E-state index contributed by atoms with van der Waals surface area (Å²) in [6, 6.07) is 5.89. The first kappa shape index (κ1) is 13.9. The van der Waals surface area contributed by atoms with Crippen LogP contribution in [0.5, 0.6) is 0 Å². The second kappa shape index (κ2) is 6.06. The first-order valence-electron chi connectivity index (χ1n) is 5.34. The number of amides is 1. The van der Waals surface area contributed by atoms with Gasteiger partial charge in [-0.05, 0) is 15.9 Å². The van der Waals surface area contributed by atoms with Crippen LogP contribution in [-0.4, -0.2) is 27.2 Å². The summed E-state index contributed by atoms with van der Waals surface area (Å²) in [5.74, 6) is -0.476. The van der Waals surface area contributed by atoms with Crippen LogP contribution >= 0.6 is 15.9 Å². The number of carbonyl (C=O) groups is 1. The molecule has 0 unspecified atom stereocenters. The summed E-state index contributed by atoms with van der Waals surface area (Å²) in [6.07, 6.45) is 2.76. The van der Waals surface area contributed by atoms with E-state index in [0.717, 1.165) is 0 Å². The Morgan fingerprint density at radius 2 is 2.35 bits per heavy atom. The zero-order valence-corrected chi connectivity index (χ0v) is 11.5. The van der Waals surface area contributed by atoms with E-state index in [1.165, 1.54) is 30.6 Å². The number of aromatic amines is 1. The molecule has 0 aliphatic rings. The first-order valence-corrected chi connectivity index (χ1v) is 6.14. The zero-order valence-electron chi connectivity index (χ0n) is 9.91. The summed E-state index contributed by atoms with van der Waals surface area (Å²) in [7, 11) is 0. The molecular formula is C11H8BrN5O3. The molecule has 0 radical (unpaired) electrons. The Labute approximate surface area is 121 Å². The van der Waals surface area contributed by atoms with Crippen molar-refractivity contribution in [2.45, 2.75) is 0 Å². The minimum Gasteiger partial charge on any atom is -0.272 e. The fourth-order valence-electron chi connectivity index (χ4n) is 1.37. The van der Waals surface area contributed by atoms with Crippen LogP contribution in [0.2, 0.25) is 0 Å². The number of hydrogen-bond donors (Lipinski definition) is 2. The third kappa shape index (κ3) is 3.26. The molecule has 20 heavy (non-hydrogen) atoms. The van der Waals surface area contributed by atoms with Crippen molar-refractivity contribution < 1.29 is 9.72 Å². The summed E-state index contributed by atoms with van der Waals surface area (Å²) in [4.78, 5) is 21.8. The highest BCUT2D eigenvalue weighted by molar-refractivity contribution is 9.10. The fourth-order valence-corrected chi connectivity index (χ4v) is 1.74. The SMILES string of the molecule is O=C(N/N=C/c1cccc([N+](=O)[O-])c1)c1[nH]ncc1Br. The Kier molecular flexibility index (Phi) is 4.20. The number of nitrogens with one attached hydrogen (secondary N) is 2. The number of hydrogen-bond acceptors (Lipinski definition) is 5. The average molecular weight is 338 g/mol. The molecule has 0 aliphatic heterocycles. The van der Waals surface area contributed by atoms with Gasteiger partial charge in [-0.2, -0.15) is 10.2 Å².